The average Bonchev–Trinajstić information content (AvgIpc) is 2.91. The fourth-order valence-electron chi connectivity index (χ4n) is 4.34. The van der Waals surface area contributed by atoms with Crippen LogP contribution in [0.2, 0.25) is 0 Å². The number of rotatable bonds is 2. The molecule has 0 saturated carbocycles. The van der Waals surface area contributed by atoms with Gasteiger partial charge >= 0.3 is 0 Å². The summed E-state index contributed by atoms with van der Waals surface area (Å²) in [6.07, 6.45) is 0.182. The van der Waals surface area contributed by atoms with Crippen molar-refractivity contribution in [2.24, 2.45) is 15.9 Å². The van der Waals surface area contributed by atoms with Gasteiger partial charge in [0.1, 0.15) is 17.6 Å². The number of hydrogen-bond acceptors (Lipinski definition) is 7. The molecule has 3 aliphatic rings. The third kappa shape index (κ3) is 4.32. The van der Waals surface area contributed by atoms with Gasteiger partial charge < -0.3 is 24.7 Å². The summed E-state index contributed by atoms with van der Waals surface area (Å²) in [5.41, 5.74) is 1.80. The van der Waals surface area contributed by atoms with Crippen molar-refractivity contribution in [2.75, 3.05) is 66.5 Å². The maximum absolute atomic E-state index is 11.2. The Kier molecular flexibility index (Phi) is 6.18. The van der Waals surface area contributed by atoms with Crippen LogP contribution in [-0.4, -0.2) is 109 Å². The van der Waals surface area contributed by atoms with E-state index in [1.165, 1.54) is 0 Å². The smallest absolute Gasteiger partial charge is 0.118 e. The van der Waals surface area contributed by atoms with E-state index in [2.05, 4.69) is 33.7 Å². The van der Waals surface area contributed by atoms with Gasteiger partial charge in [0, 0.05) is 52.4 Å². The Labute approximate surface area is 174 Å². The molecule has 0 aromatic heterocycles. The summed E-state index contributed by atoms with van der Waals surface area (Å²) >= 11 is 0. The van der Waals surface area contributed by atoms with Gasteiger partial charge in [-0.2, -0.15) is 0 Å². The van der Waals surface area contributed by atoms with E-state index in [0.717, 1.165) is 75.4 Å². The molecule has 2 fully saturated rings. The minimum Gasteiger partial charge on any atom is -0.392 e. The third-order valence-corrected chi connectivity index (χ3v) is 6.37. The molecule has 29 heavy (non-hydrogen) atoms. The highest BCUT2D eigenvalue weighted by molar-refractivity contribution is 6.09. The van der Waals surface area contributed by atoms with E-state index in [4.69, 9.17) is 9.98 Å². The molecule has 3 aliphatic heterocycles. The van der Waals surface area contributed by atoms with Crippen LogP contribution in [0.3, 0.4) is 0 Å². The molecule has 0 bridgehead atoms. The fourth-order valence-corrected chi connectivity index (χ4v) is 4.34. The molecule has 0 amide bonds. The number of benzene rings is 1. The Balaban J connectivity index is 1.78. The van der Waals surface area contributed by atoms with Crippen LogP contribution in [0.4, 0.5) is 11.4 Å². The minimum absolute atomic E-state index is 0.195. The van der Waals surface area contributed by atoms with Gasteiger partial charge in [0.2, 0.25) is 0 Å². The summed E-state index contributed by atoms with van der Waals surface area (Å²) < 4.78 is 0. The molecule has 7 heteroatoms. The number of para-hydroxylation sites is 2. The first-order chi connectivity index (χ1) is 14.1. The molecule has 0 aliphatic carbocycles. The van der Waals surface area contributed by atoms with Gasteiger partial charge in [0.15, 0.2) is 0 Å². The van der Waals surface area contributed by atoms with Crippen LogP contribution in [0.25, 0.3) is 0 Å². The number of likely N-dealkylation sites (N-methyl/N-ethyl adjacent to an activating group) is 2. The van der Waals surface area contributed by atoms with Crippen molar-refractivity contribution in [3.63, 3.8) is 0 Å². The van der Waals surface area contributed by atoms with Gasteiger partial charge in [-0.1, -0.05) is 19.1 Å². The summed E-state index contributed by atoms with van der Waals surface area (Å²) in [5, 5.41) is 11.2. The summed E-state index contributed by atoms with van der Waals surface area (Å²) in [6.45, 7) is 9.81. The first kappa shape index (κ1) is 20.3. The van der Waals surface area contributed by atoms with Crippen LogP contribution >= 0.6 is 0 Å². The molecule has 0 spiro atoms. The van der Waals surface area contributed by atoms with E-state index in [9.17, 15) is 5.11 Å². The van der Waals surface area contributed by atoms with Crippen molar-refractivity contribution >= 4 is 23.0 Å². The zero-order valence-electron chi connectivity index (χ0n) is 18.0. The van der Waals surface area contributed by atoms with E-state index in [-0.39, 0.29) is 5.92 Å². The second-order valence-corrected chi connectivity index (χ2v) is 8.46. The number of hydrogen-bond donors (Lipinski definition) is 1. The van der Waals surface area contributed by atoms with Gasteiger partial charge in [-0.25, -0.2) is 9.98 Å². The molecule has 1 N–H and O–H groups in total. The molecule has 1 aromatic carbocycles. The summed E-state index contributed by atoms with van der Waals surface area (Å²) in [4.78, 5) is 19.7. The number of fused-ring (bicyclic) bond motifs is 1. The highest BCUT2D eigenvalue weighted by Gasteiger charge is 2.38. The normalized spacial score (nSPS) is 23.3. The van der Waals surface area contributed by atoms with Crippen LogP contribution in [0.1, 0.15) is 13.3 Å². The Morgan fingerprint density at radius 3 is 1.62 bits per heavy atom. The van der Waals surface area contributed by atoms with E-state index in [1.54, 1.807) is 0 Å². The Morgan fingerprint density at radius 1 is 0.828 bits per heavy atom. The predicted molar refractivity (Wildman–Crippen MR) is 119 cm³/mol. The van der Waals surface area contributed by atoms with Crippen molar-refractivity contribution in [2.45, 2.75) is 19.4 Å². The topological polar surface area (TPSA) is 57.9 Å². The standard InChI is InChI=1S/C22H34N6O/c1-4-19(29)20-21(27-13-9-25(2)10-14-27)23-17-7-5-6-8-18(17)24-22(20)28-15-11-26(3)12-16-28/h5-8,19-20,29H,4,9-16H2,1-3H3. The molecule has 1 unspecified atom stereocenters. The number of piperazine rings is 2. The highest BCUT2D eigenvalue weighted by Crippen LogP contribution is 2.34. The van der Waals surface area contributed by atoms with Crippen LogP contribution in [0.5, 0.6) is 0 Å². The van der Waals surface area contributed by atoms with E-state index < -0.39 is 6.10 Å². The van der Waals surface area contributed by atoms with Gasteiger partial charge in [0.05, 0.1) is 17.5 Å². The lowest BCUT2D eigenvalue weighted by molar-refractivity contribution is 0.135. The Morgan fingerprint density at radius 2 is 1.24 bits per heavy atom. The SMILES string of the molecule is CCC(O)C1C(N2CCN(C)CC2)=Nc2ccccc2N=C1N1CCN(C)CC1. The zero-order chi connectivity index (χ0) is 20.4. The summed E-state index contributed by atoms with van der Waals surface area (Å²) in [5.74, 6) is 1.77. The molecule has 0 radical (unpaired) electrons. The lowest BCUT2D eigenvalue weighted by Crippen LogP contribution is -2.56. The average molecular weight is 399 g/mol. The number of amidine groups is 2. The Bertz CT molecular complexity index is 703. The number of aliphatic hydroxyl groups excluding tert-OH is 1. The second-order valence-electron chi connectivity index (χ2n) is 8.46. The molecule has 158 valence electrons. The van der Waals surface area contributed by atoms with Crippen molar-refractivity contribution in [1.29, 1.82) is 0 Å². The zero-order valence-corrected chi connectivity index (χ0v) is 18.0. The summed E-state index contributed by atoms with van der Waals surface area (Å²) in [7, 11) is 4.33. The van der Waals surface area contributed by atoms with E-state index in [1.807, 2.05) is 31.2 Å². The van der Waals surface area contributed by atoms with Crippen molar-refractivity contribution < 1.29 is 5.11 Å². The molecular formula is C22H34N6O. The molecule has 7 nitrogen and oxygen atoms in total. The molecular weight excluding hydrogens is 364 g/mol. The lowest BCUT2D eigenvalue weighted by Gasteiger charge is -2.41. The molecule has 1 aromatic rings. The van der Waals surface area contributed by atoms with Gasteiger partial charge in [-0.3, -0.25) is 0 Å². The monoisotopic (exact) mass is 398 g/mol. The van der Waals surface area contributed by atoms with Crippen molar-refractivity contribution in [1.82, 2.24) is 19.6 Å². The third-order valence-electron chi connectivity index (χ3n) is 6.37. The van der Waals surface area contributed by atoms with Gasteiger partial charge in [-0.05, 0) is 32.6 Å². The largest absolute Gasteiger partial charge is 0.392 e. The van der Waals surface area contributed by atoms with Crippen LogP contribution in [0.15, 0.2) is 34.3 Å². The minimum atomic E-state index is -0.499. The predicted octanol–water partition coefficient (Wildman–Crippen LogP) is 1.64. The molecule has 4 rings (SSSR count). The Hall–Kier alpha value is -1.96. The first-order valence-corrected chi connectivity index (χ1v) is 10.9. The fraction of sp³-hybridized carbons (Fsp3) is 0.636. The highest BCUT2D eigenvalue weighted by atomic mass is 16.3. The lowest BCUT2D eigenvalue weighted by atomic mass is 9.94. The number of aliphatic hydroxyl groups is 1. The number of aliphatic imine (C=N–C) groups is 2. The van der Waals surface area contributed by atoms with Crippen LogP contribution in [-0.2, 0) is 0 Å². The number of nitrogens with zero attached hydrogens (tertiary/aromatic N) is 6. The van der Waals surface area contributed by atoms with Gasteiger partial charge in [-0.15, -0.1) is 0 Å². The molecule has 3 heterocycles. The maximum atomic E-state index is 11.2. The van der Waals surface area contributed by atoms with Crippen LogP contribution in [0, 0.1) is 5.92 Å². The van der Waals surface area contributed by atoms with Crippen molar-refractivity contribution in [3.8, 4) is 0 Å². The van der Waals surface area contributed by atoms with E-state index >= 15 is 0 Å². The molecule has 2 saturated heterocycles. The second kappa shape index (κ2) is 8.81. The summed E-state index contributed by atoms with van der Waals surface area (Å²) in [6, 6.07) is 8.12. The quantitative estimate of drug-likeness (QED) is 0.821. The van der Waals surface area contributed by atoms with E-state index in [0.29, 0.717) is 6.42 Å². The van der Waals surface area contributed by atoms with Crippen molar-refractivity contribution in [3.05, 3.63) is 24.3 Å². The van der Waals surface area contributed by atoms with Crippen LogP contribution < -0.4 is 0 Å². The molecule has 1 atom stereocenters. The maximum Gasteiger partial charge on any atom is 0.118 e. The first-order valence-electron chi connectivity index (χ1n) is 10.9. The van der Waals surface area contributed by atoms with Gasteiger partial charge in [0.25, 0.3) is 0 Å².